The molecule has 0 radical (unpaired) electrons. The number of carbonyl (C=O) groups is 4. The van der Waals surface area contributed by atoms with Crippen LogP contribution in [0.1, 0.15) is 41.7 Å². The van der Waals surface area contributed by atoms with Crippen LogP contribution in [-0.4, -0.2) is 52.4 Å². The third-order valence-corrected chi connectivity index (χ3v) is 6.10. The molecule has 1 saturated heterocycles. The Morgan fingerprint density at radius 3 is 2.39 bits per heavy atom. The monoisotopic (exact) mass is 463 g/mol. The Hall–Kier alpha value is -2.70. The zero-order valence-electron chi connectivity index (χ0n) is 16.1. The summed E-state index contributed by atoms with van der Waals surface area (Å²) in [5.74, 6) is -2.30. The quantitative estimate of drug-likeness (QED) is 0.468. The minimum Gasteiger partial charge on any atom is -0.484 e. The van der Waals surface area contributed by atoms with E-state index in [0.29, 0.717) is 18.2 Å². The Labute approximate surface area is 177 Å². The molecule has 1 aliphatic heterocycles. The van der Waals surface area contributed by atoms with E-state index in [1.165, 1.54) is 7.05 Å². The van der Waals surface area contributed by atoms with Gasteiger partial charge in [-0.1, -0.05) is 0 Å². The largest absolute Gasteiger partial charge is 0.484 e. The van der Waals surface area contributed by atoms with Crippen molar-refractivity contribution in [3.05, 3.63) is 23.5 Å². The fourth-order valence-electron chi connectivity index (χ4n) is 3.11. The molecule has 168 valence electrons. The van der Waals surface area contributed by atoms with E-state index in [-0.39, 0.29) is 18.4 Å². The number of nitrogens with one attached hydrogen (secondary N) is 2. The van der Waals surface area contributed by atoms with Gasteiger partial charge in [-0.3, -0.25) is 24.2 Å². The molecule has 0 unspecified atom stereocenters. The summed E-state index contributed by atoms with van der Waals surface area (Å²) < 4.78 is 57.4. The minimum atomic E-state index is -4.70. The van der Waals surface area contributed by atoms with Gasteiger partial charge < -0.3 is 15.4 Å². The zero-order chi connectivity index (χ0) is 23.0. The number of ether oxygens (including phenoxy) is 1. The van der Waals surface area contributed by atoms with Crippen molar-refractivity contribution in [2.24, 2.45) is 0 Å². The van der Waals surface area contributed by atoms with Crippen LogP contribution in [-0.2, 0) is 20.1 Å². The van der Waals surface area contributed by atoms with Gasteiger partial charge in [0.25, 0.3) is 5.91 Å². The lowest BCUT2D eigenvalue weighted by molar-refractivity contribution is -0.154. The number of alkyl halides is 4. The van der Waals surface area contributed by atoms with Gasteiger partial charge >= 0.3 is 6.18 Å². The van der Waals surface area contributed by atoms with Crippen LogP contribution in [0.3, 0.4) is 0 Å². The fraction of sp³-hybridized carbons (Fsp3) is 0.500. The molecular formula is C18H17F4N3O5S. The maximum atomic E-state index is 14.8. The molecule has 1 aromatic rings. The molecule has 2 fully saturated rings. The van der Waals surface area contributed by atoms with E-state index in [2.05, 4.69) is 15.6 Å². The van der Waals surface area contributed by atoms with Crippen LogP contribution in [0, 0.1) is 0 Å². The average Bonchev–Trinajstić information content (AvgIpc) is 2.69. The van der Waals surface area contributed by atoms with E-state index in [9.17, 15) is 36.7 Å². The van der Waals surface area contributed by atoms with Crippen LogP contribution in [0.2, 0.25) is 0 Å². The smallest absolute Gasteiger partial charge is 0.422 e. The van der Waals surface area contributed by atoms with Crippen LogP contribution in [0.4, 0.5) is 17.6 Å². The number of hydrogen-bond donors (Lipinski definition) is 2. The number of aromatic nitrogens is 1. The second-order valence-corrected chi connectivity index (χ2v) is 8.12. The highest BCUT2D eigenvalue weighted by Crippen LogP contribution is 2.48. The lowest BCUT2D eigenvalue weighted by atomic mass is 9.77. The highest BCUT2D eigenvalue weighted by molar-refractivity contribution is 8.30. The molecular weight excluding hydrogens is 446 g/mol. The van der Waals surface area contributed by atoms with Gasteiger partial charge in [-0.15, -0.1) is 0 Å². The Morgan fingerprint density at radius 1 is 1.26 bits per heavy atom. The molecule has 31 heavy (non-hydrogen) atoms. The highest BCUT2D eigenvalue weighted by atomic mass is 32.2. The molecule has 13 heteroatoms. The van der Waals surface area contributed by atoms with Gasteiger partial charge in [0.15, 0.2) is 12.1 Å². The van der Waals surface area contributed by atoms with Gasteiger partial charge in [0.05, 0.1) is 6.42 Å². The summed E-state index contributed by atoms with van der Waals surface area (Å²) in [6, 6.07) is 0.824. The standard InChI is InChI=1S/C18H17F4N3O5S/c1-23-12(26)6-17(14(28)31-15(17)29)25-13(27)10-5-11(30-8-18(20,21)22)9(7-24-10)16(19)3-2-4-16/h5,7H,2-4,6,8H2,1H3,(H,23,26)(H,25,27). The number of halogens is 4. The topological polar surface area (TPSA) is 114 Å². The van der Waals surface area contributed by atoms with Crippen LogP contribution < -0.4 is 15.4 Å². The number of hydrogen-bond acceptors (Lipinski definition) is 7. The number of amides is 2. The lowest BCUT2D eigenvalue weighted by Crippen LogP contribution is -2.66. The maximum absolute atomic E-state index is 14.8. The first kappa shape index (κ1) is 23.0. The van der Waals surface area contributed by atoms with E-state index in [1.54, 1.807) is 0 Å². The van der Waals surface area contributed by atoms with Crippen LogP contribution in [0.15, 0.2) is 12.3 Å². The first-order chi connectivity index (χ1) is 14.4. The normalized spacial score (nSPS) is 19.1. The molecule has 8 nitrogen and oxygen atoms in total. The van der Waals surface area contributed by atoms with Gasteiger partial charge in [0.2, 0.25) is 16.1 Å². The van der Waals surface area contributed by atoms with Gasteiger partial charge in [0, 0.05) is 24.9 Å². The molecule has 0 aromatic carbocycles. The molecule has 2 aliphatic rings. The van der Waals surface area contributed by atoms with E-state index in [0.717, 1.165) is 12.3 Å². The lowest BCUT2D eigenvalue weighted by Gasteiger charge is -2.37. The first-order valence-electron chi connectivity index (χ1n) is 9.09. The number of rotatable bonds is 7. The van der Waals surface area contributed by atoms with Crippen molar-refractivity contribution in [2.45, 2.75) is 43.1 Å². The van der Waals surface area contributed by atoms with E-state index < -0.39 is 63.9 Å². The number of pyridine rings is 1. The molecule has 0 atom stereocenters. The third-order valence-electron chi connectivity index (χ3n) is 5.03. The van der Waals surface area contributed by atoms with Gasteiger partial charge in [-0.2, -0.15) is 13.2 Å². The van der Waals surface area contributed by atoms with Crippen molar-refractivity contribution in [1.29, 1.82) is 0 Å². The van der Waals surface area contributed by atoms with Gasteiger partial charge in [-0.05, 0) is 31.0 Å². The van der Waals surface area contributed by atoms with Gasteiger partial charge in [0.1, 0.15) is 17.1 Å². The molecule has 2 amide bonds. The van der Waals surface area contributed by atoms with E-state index in [1.807, 2.05) is 0 Å². The van der Waals surface area contributed by atoms with Crippen molar-refractivity contribution in [3.63, 3.8) is 0 Å². The zero-order valence-corrected chi connectivity index (χ0v) is 16.9. The van der Waals surface area contributed by atoms with Crippen molar-refractivity contribution < 1.29 is 41.5 Å². The molecule has 3 rings (SSSR count). The van der Waals surface area contributed by atoms with E-state index >= 15 is 0 Å². The number of thioether (sulfide) groups is 1. The van der Waals surface area contributed by atoms with Crippen molar-refractivity contribution >= 4 is 33.8 Å². The SMILES string of the molecule is CNC(=O)CC1(NC(=O)c2cc(OCC(F)(F)F)c(C3(F)CCC3)cn2)C(=O)SC1=O. The molecule has 1 aromatic heterocycles. The number of nitrogens with zero attached hydrogens (tertiary/aromatic N) is 1. The molecule has 2 heterocycles. The third kappa shape index (κ3) is 4.50. The Morgan fingerprint density at radius 2 is 1.90 bits per heavy atom. The summed E-state index contributed by atoms with van der Waals surface area (Å²) in [6.07, 6.45) is -3.78. The summed E-state index contributed by atoms with van der Waals surface area (Å²) in [4.78, 5) is 52.1. The molecule has 1 saturated carbocycles. The summed E-state index contributed by atoms with van der Waals surface area (Å²) in [6.45, 7) is -1.71. The molecule has 2 N–H and O–H groups in total. The summed E-state index contributed by atoms with van der Waals surface area (Å²) in [7, 11) is 1.27. The number of carbonyl (C=O) groups excluding carboxylic acids is 4. The Kier molecular flexibility index (Phi) is 6.00. The predicted octanol–water partition coefficient (Wildman–Crippen LogP) is 1.78. The maximum Gasteiger partial charge on any atom is 0.422 e. The van der Waals surface area contributed by atoms with Crippen molar-refractivity contribution in [3.8, 4) is 5.75 Å². The summed E-state index contributed by atoms with van der Waals surface area (Å²) in [5, 5.41) is 2.84. The summed E-state index contributed by atoms with van der Waals surface area (Å²) >= 11 is 0.318. The first-order valence-corrected chi connectivity index (χ1v) is 9.91. The Balaban J connectivity index is 1.89. The van der Waals surface area contributed by atoms with Crippen LogP contribution >= 0.6 is 11.8 Å². The second-order valence-electron chi connectivity index (χ2n) is 7.17. The fourth-order valence-corrected chi connectivity index (χ4v) is 3.90. The van der Waals surface area contributed by atoms with Crippen molar-refractivity contribution in [1.82, 2.24) is 15.6 Å². The highest BCUT2D eigenvalue weighted by Gasteiger charge is 2.58. The Bertz CT molecular complexity index is 935. The molecule has 1 aliphatic carbocycles. The molecule has 0 spiro atoms. The predicted molar refractivity (Wildman–Crippen MR) is 98.9 cm³/mol. The summed E-state index contributed by atoms with van der Waals surface area (Å²) in [5.41, 5.74) is -4.74. The van der Waals surface area contributed by atoms with E-state index in [4.69, 9.17) is 4.74 Å². The van der Waals surface area contributed by atoms with Crippen LogP contribution in [0.25, 0.3) is 0 Å². The second kappa shape index (κ2) is 8.09. The molecule has 0 bridgehead atoms. The van der Waals surface area contributed by atoms with Crippen molar-refractivity contribution in [2.75, 3.05) is 13.7 Å². The van der Waals surface area contributed by atoms with Gasteiger partial charge in [-0.25, -0.2) is 4.39 Å². The van der Waals surface area contributed by atoms with Crippen LogP contribution in [0.5, 0.6) is 5.75 Å². The average molecular weight is 463 g/mol. The minimum absolute atomic E-state index is 0.0675.